The molecule has 0 saturated heterocycles. The van der Waals surface area contributed by atoms with Gasteiger partial charge in [0.15, 0.2) is 0 Å². The number of aliphatic hydroxyl groups is 1. The van der Waals surface area contributed by atoms with Crippen LogP contribution in [0.2, 0.25) is 5.02 Å². The topological polar surface area (TPSA) is 66.8 Å². The minimum Gasteiger partial charge on any atom is -0.491 e. The van der Waals surface area contributed by atoms with E-state index in [1.165, 1.54) is 0 Å². The number of carboxylic acid groups (broad SMARTS) is 1. The number of benzene rings is 1. The summed E-state index contributed by atoms with van der Waals surface area (Å²) in [7, 11) is 0. The van der Waals surface area contributed by atoms with E-state index >= 15 is 0 Å². The maximum absolute atomic E-state index is 10.8. The lowest BCUT2D eigenvalue weighted by atomic mass is 10.1. The summed E-state index contributed by atoms with van der Waals surface area (Å²) in [4.78, 5) is 10.8. The van der Waals surface area contributed by atoms with Gasteiger partial charge in [-0.3, -0.25) is 4.79 Å². The van der Waals surface area contributed by atoms with Gasteiger partial charge in [-0.25, -0.2) is 0 Å². The van der Waals surface area contributed by atoms with Crippen LogP contribution < -0.4 is 4.74 Å². The van der Waals surface area contributed by atoms with Crippen molar-refractivity contribution in [2.45, 2.75) is 6.42 Å². The van der Waals surface area contributed by atoms with Crippen molar-refractivity contribution in [3.05, 3.63) is 29.3 Å². The predicted octanol–water partition coefficient (Wildman–Crippen LogP) is 1.80. The van der Waals surface area contributed by atoms with Crippen LogP contribution in [0, 0.1) is 5.92 Å². The van der Waals surface area contributed by atoms with Crippen molar-refractivity contribution in [3.8, 4) is 5.75 Å². The van der Waals surface area contributed by atoms with Crippen molar-refractivity contribution < 1.29 is 19.7 Å². The van der Waals surface area contributed by atoms with Gasteiger partial charge in [-0.05, 0) is 18.6 Å². The molecule has 0 bridgehead atoms. The Bertz CT molecular complexity index is 354. The van der Waals surface area contributed by atoms with E-state index in [4.69, 9.17) is 26.6 Å². The number of para-hydroxylation sites is 1. The minimum atomic E-state index is -0.985. The molecule has 1 unspecified atom stereocenters. The monoisotopic (exact) mass is 244 g/mol. The van der Waals surface area contributed by atoms with Gasteiger partial charge in [0.2, 0.25) is 0 Å². The van der Waals surface area contributed by atoms with Crippen LogP contribution >= 0.6 is 11.6 Å². The van der Waals surface area contributed by atoms with Gasteiger partial charge in [0.25, 0.3) is 0 Å². The number of rotatable bonds is 6. The first-order valence-corrected chi connectivity index (χ1v) is 5.24. The van der Waals surface area contributed by atoms with Crippen molar-refractivity contribution in [2.75, 3.05) is 13.2 Å². The molecule has 1 rings (SSSR count). The number of hydrogen-bond acceptors (Lipinski definition) is 3. The van der Waals surface area contributed by atoms with Gasteiger partial charge in [-0.1, -0.05) is 23.7 Å². The van der Waals surface area contributed by atoms with Crippen LogP contribution in [0.25, 0.3) is 0 Å². The molecule has 4 nitrogen and oxygen atoms in total. The number of carboxylic acids is 1. The Morgan fingerprint density at radius 1 is 1.44 bits per heavy atom. The lowest BCUT2D eigenvalue weighted by Crippen LogP contribution is -2.22. The smallest absolute Gasteiger partial charge is 0.310 e. The fourth-order valence-corrected chi connectivity index (χ4v) is 1.38. The van der Waals surface area contributed by atoms with Crippen LogP contribution in [0.3, 0.4) is 0 Å². The van der Waals surface area contributed by atoms with E-state index < -0.39 is 11.9 Å². The van der Waals surface area contributed by atoms with Gasteiger partial charge in [0, 0.05) is 6.61 Å². The average molecular weight is 245 g/mol. The maximum Gasteiger partial charge on any atom is 0.310 e. The molecule has 1 atom stereocenters. The summed E-state index contributed by atoms with van der Waals surface area (Å²) in [6.45, 7) is -0.178. The molecule has 0 aliphatic rings. The molecule has 0 amide bonds. The third kappa shape index (κ3) is 3.72. The van der Waals surface area contributed by atoms with Crippen LogP contribution in [0.5, 0.6) is 5.75 Å². The van der Waals surface area contributed by atoms with Gasteiger partial charge in [-0.15, -0.1) is 0 Å². The van der Waals surface area contributed by atoms with Crippen molar-refractivity contribution in [3.63, 3.8) is 0 Å². The first kappa shape index (κ1) is 12.8. The van der Waals surface area contributed by atoms with Crippen LogP contribution in [0.1, 0.15) is 6.42 Å². The van der Waals surface area contributed by atoms with Crippen LogP contribution in [-0.4, -0.2) is 29.4 Å². The lowest BCUT2D eigenvalue weighted by molar-refractivity contribution is -0.143. The van der Waals surface area contributed by atoms with Crippen LogP contribution in [0.4, 0.5) is 0 Å². The average Bonchev–Trinajstić information content (AvgIpc) is 2.26. The zero-order valence-corrected chi connectivity index (χ0v) is 9.35. The van der Waals surface area contributed by atoms with Gasteiger partial charge in [-0.2, -0.15) is 0 Å². The molecule has 0 heterocycles. The van der Waals surface area contributed by atoms with E-state index in [0.717, 1.165) is 0 Å². The summed E-state index contributed by atoms with van der Waals surface area (Å²) in [5.74, 6) is -1.25. The van der Waals surface area contributed by atoms with Crippen LogP contribution in [0.15, 0.2) is 24.3 Å². The second-order valence-corrected chi connectivity index (χ2v) is 3.70. The number of aliphatic carboxylic acids is 1. The standard InChI is InChI=1S/C11H13ClO4/c12-9-3-1-2-4-10(9)16-7-8(5-6-13)11(14)15/h1-4,8,13H,5-7H2,(H,14,15). The number of aliphatic hydroxyl groups excluding tert-OH is 1. The summed E-state index contributed by atoms with van der Waals surface area (Å²) in [5, 5.41) is 18.0. The fraction of sp³-hybridized carbons (Fsp3) is 0.364. The van der Waals surface area contributed by atoms with E-state index in [9.17, 15) is 4.79 Å². The zero-order chi connectivity index (χ0) is 12.0. The lowest BCUT2D eigenvalue weighted by Gasteiger charge is -2.13. The second-order valence-electron chi connectivity index (χ2n) is 3.29. The highest BCUT2D eigenvalue weighted by Gasteiger charge is 2.17. The normalized spacial score (nSPS) is 12.1. The third-order valence-electron chi connectivity index (χ3n) is 2.10. The first-order valence-electron chi connectivity index (χ1n) is 4.86. The molecule has 0 radical (unpaired) electrons. The van der Waals surface area contributed by atoms with E-state index in [2.05, 4.69) is 0 Å². The molecule has 0 spiro atoms. The molecule has 16 heavy (non-hydrogen) atoms. The second kappa shape index (κ2) is 6.35. The van der Waals surface area contributed by atoms with Gasteiger partial charge in [0.05, 0.1) is 10.9 Å². The van der Waals surface area contributed by atoms with Crippen molar-refractivity contribution in [1.82, 2.24) is 0 Å². The highest BCUT2D eigenvalue weighted by Crippen LogP contribution is 2.23. The summed E-state index contributed by atoms with van der Waals surface area (Å²) < 4.78 is 5.29. The van der Waals surface area contributed by atoms with Crippen LogP contribution in [-0.2, 0) is 4.79 Å². The summed E-state index contributed by atoms with van der Waals surface area (Å²) >= 11 is 5.84. The Hall–Kier alpha value is -1.26. The Morgan fingerprint density at radius 2 is 2.12 bits per heavy atom. The summed E-state index contributed by atoms with van der Waals surface area (Å²) in [5.41, 5.74) is 0. The summed E-state index contributed by atoms with van der Waals surface area (Å²) in [6, 6.07) is 6.85. The molecule has 2 N–H and O–H groups in total. The molecule has 1 aromatic carbocycles. The van der Waals surface area contributed by atoms with Gasteiger partial charge in [0.1, 0.15) is 12.4 Å². The van der Waals surface area contributed by atoms with E-state index in [1.807, 2.05) is 0 Å². The number of hydrogen-bond donors (Lipinski definition) is 2. The molecule has 0 aliphatic carbocycles. The van der Waals surface area contributed by atoms with Crippen molar-refractivity contribution in [1.29, 1.82) is 0 Å². The van der Waals surface area contributed by atoms with E-state index in [1.54, 1.807) is 24.3 Å². The van der Waals surface area contributed by atoms with Gasteiger partial charge >= 0.3 is 5.97 Å². The highest BCUT2D eigenvalue weighted by molar-refractivity contribution is 6.32. The highest BCUT2D eigenvalue weighted by atomic mass is 35.5. The van der Waals surface area contributed by atoms with E-state index in [-0.39, 0.29) is 19.6 Å². The van der Waals surface area contributed by atoms with Gasteiger partial charge < -0.3 is 14.9 Å². The fourth-order valence-electron chi connectivity index (χ4n) is 1.19. The molecule has 0 fully saturated rings. The van der Waals surface area contributed by atoms with Crippen molar-refractivity contribution in [2.24, 2.45) is 5.92 Å². The molecule has 0 saturated carbocycles. The summed E-state index contributed by atoms with van der Waals surface area (Å²) in [6.07, 6.45) is 0.166. The third-order valence-corrected chi connectivity index (χ3v) is 2.42. The minimum absolute atomic E-state index is 0.000370. The van der Waals surface area contributed by atoms with E-state index in [0.29, 0.717) is 10.8 Å². The predicted molar refractivity (Wildman–Crippen MR) is 59.8 cm³/mol. The molecule has 88 valence electrons. The maximum atomic E-state index is 10.8. The Kier molecular flexibility index (Phi) is 5.08. The molecule has 1 aromatic rings. The Morgan fingerprint density at radius 3 is 2.69 bits per heavy atom. The molecule has 0 aromatic heterocycles. The molecular formula is C11H13ClO4. The zero-order valence-electron chi connectivity index (χ0n) is 8.60. The SMILES string of the molecule is O=C(O)C(CCO)COc1ccccc1Cl. The Labute approximate surface area is 98.4 Å². The number of ether oxygens (including phenoxy) is 1. The molecule has 5 heteroatoms. The largest absolute Gasteiger partial charge is 0.491 e. The number of halogens is 1. The van der Waals surface area contributed by atoms with Crippen molar-refractivity contribution >= 4 is 17.6 Å². The first-order chi connectivity index (χ1) is 7.65. The molecular weight excluding hydrogens is 232 g/mol. The number of carbonyl (C=O) groups is 1. The Balaban J connectivity index is 2.55. The quantitative estimate of drug-likeness (QED) is 0.801. The molecule has 0 aliphatic heterocycles.